The fourth-order valence-corrected chi connectivity index (χ4v) is 1.42. The zero-order valence-electron chi connectivity index (χ0n) is 10.6. The van der Waals surface area contributed by atoms with Crippen LogP contribution in [0, 0.1) is 5.92 Å². The largest absolute Gasteiger partial charge is 0.493 e. The van der Waals surface area contributed by atoms with Crippen LogP contribution in [0.1, 0.15) is 33.3 Å². The van der Waals surface area contributed by atoms with Gasteiger partial charge in [0.05, 0.1) is 6.61 Å². The predicted octanol–water partition coefficient (Wildman–Crippen LogP) is 4.24. The Morgan fingerprint density at radius 1 is 1.19 bits per heavy atom. The van der Waals surface area contributed by atoms with Crippen molar-refractivity contribution in [2.45, 2.75) is 33.1 Å². The monoisotopic (exact) mass is 240 g/mol. The lowest BCUT2D eigenvalue weighted by molar-refractivity contribution is 0.272. The Hall–Kier alpha value is -0.690. The van der Waals surface area contributed by atoms with E-state index < -0.39 is 0 Å². The van der Waals surface area contributed by atoms with E-state index in [4.69, 9.17) is 16.3 Å². The van der Waals surface area contributed by atoms with Crippen LogP contribution >= 0.6 is 11.6 Å². The maximum atomic E-state index is 5.72. The molecule has 16 heavy (non-hydrogen) atoms. The van der Waals surface area contributed by atoms with Gasteiger partial charge in [-0.05, 0) is 23.1 Å². The normalized spacial score (nSPS) is 13.6. The van der Waals surface area contributed by atoms with Crippen LogP contribution < -0.4 is 4.74 Å². The van der Waals surface area contributed by atoms with Gasteiger partial charge in [0.15, 0.2) is 0 Å². The van der Waals surface area contributed by atoms with Gasteiger partial charge in [-0.1, -0.05) is 39.8 Å². The fourth-order valence-electron chi connectivity index (χ4n) is 1.33. The summed E-state index contributed by atoms with van der Waals surface area (Å²) in [4.78, 5) is 0. The van der Waals surface area contributed by atoms with Crippen LogP contribution in [0.3, 0.4) is 0 Å². The van der Waals surface area contributed by atoms with Crippen LogP contribution in [0.2, 0.25) is 0 Å². The third-order valence-corrected chi connectivity index (χ3v) is 3.05. The molecule has 0 fully saturated rings. The average molecular weight is 241 g/mol. The molecule has 90 valence electrons. The minimum absolute atomic E-state index is 0.196. The molecule has 1 aromatic rings. The van der Waals surface area contributed by atoms with Crippen molar-refractivity contribution in [3.63, 3.8) is 0 Å². The number of ether oxygens (including phenoxy) is 1. The van der Waals surface area contributed by atoms with Gasteiger partial charge in [0, 0.05) is 11.8 Å². The van der Waals surface area contributed by atoms with Crippen molar-refractivity contribution in [2.75, 3.05) is 12.5 Å². The smallest absolute Gasteiger partial charge is 0.119 e. The molecular weight excluding hydrogens is 220 g/mol. The zero-order valence-corrected chi connectivity index (χ0v) is 11.3. The number of rotatable bonds is 4. The van der Waals surface area contributed by atoms with Crippen molar-refractivity contribution in [1.82, 2.24) is 0 Å². The molecule has 0 spiro atoms. The van der Waals surface area contributed by atoms with E-state index in [9.17, 15) is 0 Å². The minimum atomic E-state index is 0.196. The van der Waals surface area contributed by atoms with Gasteiger partial charge in [0.2, 0.25) is 0 Å². The molecule has 0 aromatic heterocycles. The summed E-state index contributed by atoms with van der Waals surface area (Å²) in [7, 11) is 0. The highest BCUT2D eigenvalue weighted by Crippen LogP contribution is 2.24. The van der Waals surface area contributed by atoms with Gasteiger partial charge in [0.1, 0.15) is 5.75 Å². The fraction of sp³-hybridized carbons (Fsp3) is 0.571. The first-order chi connectivity index (χ1) is 7.43. The van der Waals surface area contributed by atoms with Gasteiger partial charge in [-0.25, -0.2) is 0 Å². The Morgan fingerprint density at radius 3 is 2.19 bits per heavy atom. The van der Waals surface area contributed by atoms with Crippen LogP contribution in [-0.4, -0.2) is 12.5 Å². The van der Waals surface area contributed by atoms with Crippen molar-refractivity contribution >= 4 is 11.6 Å². The van der Waals surface area contributed by atoms with E-state index in [1.165, 1.54) is 5.56 Å². The van der Waals surface area contributed by atoms with Crippen molar-refractivity contribution < 1.29 is 4.74 Å². The first-order valence-corrected chi connectivity index (χ1v) is 6.26. The second-order valence-electron chi connectivity index (χ2n) is 5.34. The first kappa shape index (κ1) is 13.4. The number of hydrogen-bond acceptors (Lipinski definition) is 1. The molecule has 1 rings (SSSR count). The van der Waals surface area contributed by atoms with Crippen LogP contribution in [-0.2, 0) is 5.41 Å². The molecule has 0 aliphatic rings. The van der Waals surface area contributed by atoms with Crippen molar-refractivity contribution in [1.29, 1.82) is 0 Å². The summed E-state index contributed by atoms with van der Waals surface area (Å²) in [5.74, 6) is 1.95. The Balaban J connectivity index is 2.58. The highest BCUT2D eigenvalue weighted by molar-refractivity contribution is 6.18. The summed E-state index contributed by atoms with van der Waals surface area (Å²) in [6.45, 7) is 9.38. The van der Waals surface area contributed by atoms with E-state index in [1.54, 1.807) is 0 Å². The minimum Gasteiger partial charge on any atom is -0.493 e. The number of alkyl halides is 1. The van der Waals surface area contributed by atoms with E-state index in [1.807, 2.05) is 12.1 Å². The molecule has 0 radical (unpaired) electrons. The lowest BCUT2D eigenvalue weighted by atomic mass is 9.87. The standard InChI is InChI=1S/C14H21ClO/c1-11(9-15)10-16-13-7-5-12(6-8-13)14(2,3)4/h5-8,11H,9-10H2,1-4H3. The summed E-state index contributed by atoms with van der Waals surface area (Å²) in [6, 6.07) is 8.31. The lowest BCUT2D eigenvalue weighted by Gasteiger charge is -2.19. The highest BCUT2D eigenvalue weighted by atomic mass is 35.5. The van der Waals surface area contributed by atoms with Gasteiger partial charge in [-0.15, -0.1) is 11.6 Å². The van der Waals surface area contributed by atoms with E-state index in [0.29, 0.717) is 18.4 Å². The van der Waals surface area contributed by atoms with Crippen molar-refractivity contribution in [3.8, 4) is 5.75 Å². The van der Waals surface area contributed by atoms with Gasteiger partial charge >= 0.3 is 0 Å². The third-order valence-electron chi connectivity index (χ3n) is 2.52. The van der Waals surface area contributed by atoms with Crippen molar-refractivity contribution in [3.05, 3.63) is 29.8 Å². The van der Waals surface area contributed by atoms with E-state index in [0.717, 1.165) is 5.75 Å². The summed E-state index contributed by atoms with van der Waals surface area (Å²) in [5, 5.41) is 0. The Labute approximate surface area is 104 Å². The maximum Gasteiger partial charge on any atom is 0.119 e. The van der Waals surface area contributed by atoms with Gasteiger partial charge in [-0.2, -0.15) is 0 Å². The van der Waals surface area contributed by atoms with Crippen LogP contribution in [0.15, 0.2) is 24.3 Å². The lowest BCUT2D eigenvalue weighted by Crippen LogP contribution is -2.12. The Kier molecular flexibility index (Phi) is 4.67. The molecule has 1 nitrogen and oxygen atoms in total. The van der Waals surface area contributed by atoms with Gasteiger partial charge in [0.25, 0.3) is 0 Å². The molecule has 0 N–H and O–H groups in total. The van der Waals surface area contributed by atoms with E-state index in [-0.39, 0.29) is 5.41 Å². The molecule has 2 heteroatoms. The summed E-state index contributed by atoms with van der Waals surface area (Å²) >= 11 is 5.72. The summed E-state index contributed by atoms with van der Waals surface area (Å²) in [5.41, 5.74) is 1.52. The molecule has 1 atom stereocenters. The van der Waals surface area contributed by atoms with Crippen molar-refractivity contribution in [2.24, 2.45) is 5.92 Å². The molecular formula is C14H21ClO. The van der Waals surface area contributed by atoms with Gasteiger partial charge in [-0.3, -0.25) is 0 Å². The van der Waals surface area contributed by atoms with Crippen LogP contribution in [0.4, 0.5) is 0 Å². The summed E-state index contributed by atoms with van der Waals surface area (Å²) in [6.07, 6.45) is 0. The molecule has 0 aliphatic carbocycles. The molecule has 0 saturated carbocycles. The molecule has 0 heterocycles. The predicted molar refractivity (Wildman–Crippen MR) is 70.5 cm³/mol. The van der Waals surface area contributed by atoms with Crippen LogP contribution in [0.25, 0.3) is 0 Å². The highest BCUT2D eigenvalue weighted by Gasteiger charge is 2.13. The topological polar surface area (TPSA) is 9.23 Å². The first-order valence-electron chi connectivity index (χ1n) is 5.73. The SMILES string of the molecule is CC(CCl)COc1ccc(C(C)(C)C)cc1. The molecule has 1 aromatic carbocycles. The maximum absolute atomic E-state index is 5.72. The van der Waals surface area contributed by atoms with E-state index in [2.05, 4.69) is 39.8 Å². The zero-order chi connectivity index (χ0) is 12.2. The number of hydrogen-bond donors (Lipinski definition) is 0. The molecule has 0 saturated heterocycles. The Bertz CT molecular complexity index is 311. The quantitative estimate of drug-likeness (QED) is 0.716. The number of halogens is 1. The molecule has 1 unspecified atom stereocenters. The van der Waals surface area contributed by atoms with Gasteiger partial charge < -0.3 is 4.74 Å². The molecule has 0 amide bonds. The average Bonchev–Trinajstić information content (AvgIpc) is 2.25. The molecule has 0 aliphatic heterocycles. The second-order valence-corrected chi connectivity index (χ2v) is 5.65. The summed E-state index contributed by atoms with van der Waals surface area (Å²) < 4.78 is 5.64. The van der Waals surface area contributed by atoms with E-state index >= 15 is 0 Å². The number of benzene rings is 1. The molecule has 0 bridgehead atoms. The Morgan fingerprint density at radius 2 is 1.75 bits per heavy atom. The third kappa shape index (κ3) is 4.05. The van der Waals surface area contributed by atoms with Crippen LogP contribution in [0.5, 0.6) is 5.75 Å². The second kappa shape index (κ2) is 5.58.